The van der Waals surface area contributed by atoms with Crippen LogP contribution in [0.2, 0.25) is 0 Å². The van der Waals surface area contributed by atoms with Gasteiger partial charge in [-0.05, 0) is 54.1 Å². The molecule has 0 aliphatic rings. The second-order valence-corrected chi connectivity index (χ2v) is 9.59. The number of aromatic nitrogens is 2. The number of para-hydroxylation sites is 2. The molecule has 8 heteroatoms. The number of imidazole rings is 1. The van der Waals surface area contributed by atoms with Crippen molar-refractivity contribution in [3.63, 3.8) is 0 Å². The zero-order valence-corrected chi connectivity index (χ0v) is 20.6. The highest BCUT2D eigenvalue weighted by molar-refractivity contribution is 7.87. The molecule has 0 atom stereocenters. The third-order valence-corrected chi connectivity index (χ3v) is 7.07. The highest BCUT2D eigenvalue weighted by Gasteiger charge is 2.23. The minimum Gasteiger partial charge on any atom is -0.497 e. The Hall–Kier alpha value is -4.30. The van der Waals surface area contributed by atoms with Gasteiger partial charge in [-0.3, -0.25) is 0 Å². The van der Waals surface area contributed by atoms with E-state index >= 15 is 0 Å². The van der Waals surface area contributed by atoms with Gasteiger partial charge >= 0.3 is 10.1 Å². The molecule has 182 valence electrons. The molecule has 36 heavy (non-hydrogen) atoms. The minimum absolute atomic E-state index is 0.113. The summed E-state index contributed by atoms with van der Waals surface area (Å²) in [6.07, 6.45) is 0. The van der Waals surface area contributed by atoms with E-state index in [4.69, 9.17) is 18.6 Å². The van der Waals surface area contributed by atoms with Crippen LogP contribution >= 0.6 is 0 Å². The summed E-state index contributed by atoms with van der Waals surface area (Å²) in [4.78, 5) is 4.73. The van der Waals surface area contributed by atoms with E-state index in [0.29, 0.717) is 12.3 Å². The van der Waals surface area contributed by atoms with E-state index in [9.17, 15) is 8.42 Å². The largest absolute Gasteiger partial charge is 0.497 e. The van der Waals surface area contributed by atoms with E-state index in [0.717, 1.165) is 28.0 Å². The van der Waals surface area contributed by atoms with Gasteiger partial charge in [0.05, 0.1) is 25.3 Å². The van der Waals surface area contributed by atoms with Gasteiger partial charge in [0.2, 0.25) is 0 Å². The Kier molecular flexibility index (Phi) is 6.35. The molecule has 7 nitrogen and oxygen atoms in total. The molecule has 0 aliphatic heterocycles. The van der Waals surface area contributed by atoms with Crippen LogP contribution in [0, 0.1) is 0 Å². The first kappa shape index (κ1) is 23.4. The van der Waals surface area contributed by atoms with Gasteiger partial charge in [0.1, 0.15) is 23.1 Å². The lowest BCUT2D eigenvalue weighted by atomic mass is 10.2. The van der Waals surface area contributed by atoms with Crippen LogP contribution in [0.5, 0.6) is 17.2 Å². The fourth-order valence-electron chi connectivity index (χ4n) is 4.03. The number of nitrogens with zero attached hydrogens (tertiary/aromatic N) is 2. The number of ether oxygens (including phenoxy) is 2. The van der Waals surface area contributed by atoms with Crippen molar-refractivity contribution >= 4 is 21.2 Å². The second-order valence-electron chi connectivity index (χ2n) is 8.07. The average molecular weight is 501 g/mol. The number of benzene rings is 4. The van der Waals surface area contributed by atoms with E-state index in [1.807, 2.05) is 42.5 Å². The van der Waals surface area contributed by atoms with Crippen LogP contribution in [-0.4, -0.2) is 32.2 Å². The Labute approximate surface area is 209 Å². The molecule has 0 unspecified atom stereocenters. The molecular formula is C28H24N2O5S. The smallest absolute Gasteiger partial charge is 0.343 e. The Bertz CT molecular complexity index is 1610. The van der Waals surface area contributed by atoms with Crippen molar-refractivity contribution in [3.05, 3.63) is 103 Å². The van der Waals surface area contributed by atoms with Crippen molar-refractivity contribution in [1.82, 2.24) is 9.55 Å². The molecule has 1 heterocycles. The predicted molar refractivity (Wildman–Crippen MR) is 138 cm³/mol. The standard InChI is InChI=1S/C28H24N2O5S/c1-33-23-16-17-26(34-2)27(18-23)36(31,32)35-22-14-12-21(13-15-22)28-29-24-10-6-7-11-25(24)30(28)19-20-8-4-3-5-9-20/h3-18H,19H2,1-2H3. The van der Waals surface area contributed by atoms with Crippen LogP contribution in [0.25, 0.3) is 22.4 Å². The van der Waals surface area contributed by atoms with Gasteiger partial charge < -0.3 is 18.2 Å². The summed E-state index contributed by atoms with van der Waals surface area (Å²) in [6, 6.07) is 29.5. The lowest BCUT2D eigenvalue weighted by Crippen LogP contribution is -2.11. The van der Waals surface area contributed by atoms with Crippen LogP contribution in [0.3, 0.4) is 0 Å². The van der Waals surface area contributed by atoms with Crippen molar-refractivity contribution in [2.45, 2.75) is 11.4 Å². The summed E-state index contributed by atoms with van der Waals surface area (Å²) >= 11 is 0. The molecule has 5 aromatic rings. The molecule has 0 amide bonds. The quantitative estimate of drug-likeness (QED) is 0.261. The zero-order valence-electron chi connectivity index (χ0n) is 19.8. The topological polar surface area (TPSA) is 79.7 Å². The van der Waals surface area contributed by atoms with Gasteiger partial charge in [-0.15, -0.1) is 0 Å². The number of fused-ring (bicyclic) bond motifs is 1. The van der Waals surface area contributed by atoms with Crippen molar-refractivity contribution in [3.8, 4) is 28.6 Å². The average Bonchev–Trinajstić information content (AvgIpc) is 3.27. The molecule has 0 saturated carbocycles. The van der Waals surface area contributed by atoms with Gasteiger partial charge in [-0.25, -0.2) is 4.98 Å². The first-order valence-corrected chi connectivity index (χ1v) is 12.7. The molecule has 0 bridgehead atoms. The number of hydrogen-bond acceptors (Lipinski definition) is 6. The molecule has 5 rings (SSSR count). The van der Waals surface area contributed by atoms with Crippen molar-refractivity contribution in [1.29, 1.82) is 0 Å². The third-order valence-electron chi connectivity index (χ3n) is 5.80. The fraction of sp³-hybridized carbons (Fsp3) is 0.107. The highest BCUT2D eigenvalue weighted by Crippen LogP contribution is 2.32. The van der Waals surface area contributed by atoms with Gasteiger partial charge in [0.25, 0.3) is 0 Å². The van der Waals surface area contributed by atoms with E-state index < -0.39 is 10.1 Å². The lowest BCUT2D eigenvalue weighted by molar-refractivity contribution is 0.388. The minimum atomic E-state index is -4.16. The molecular weight excluding hydrogens is 476 g/mol. The van der Waals surface area contributed by atoms with E-state index in [1.54, 1.807) is 30.3 Å². The Morgan fingerprint density at radius 3 is 2.19 bits per heavy atom. The normalized spacial score (nSPS) is 11.4. The van der Waals surface area contributed by atoms with E-state index in [2.05, 4.69) is 16.7 Å². The summed E-state index contributed by atoms with van der Waals surface area (Å²) in [6.45, 7) is 0.652. The van der Waals surface area contributed by atoms with Crippen LogP contribution in [0.4, 0.5) is 0 Å². The molecule has 0 aliphatic carbocycles. The van der Waals surface area contributed by atoms with Gasteiger partial charge in [0.15, 0.2) is 4.90 Å². The van der Waals surface area contributed by atoms with Crippen LogP contribution in [0.15, 0.2) is 102 Å². The monoisotopic (exact) mass is 500 g/mol. The van der Waals surface area contributed by atoms with Crippen molar-refractivity contribution < 1.29 is 22.1 Å². The molecule has 0 spiro atoms. The van der Waals surface area contributed by atoms with Crippen LogP contribution < -0.4 is 13.7 Å². The lowest BCUT2D eigenvalue weighted by Gasteiger charge is -2.13. The molecule has 0 fully saturated rings. The molecule has 1 aromatic heterocycles. The van der Waals surface area contributed by atoms with Crippen molar-refractivity contribution in [2.24, 2.45) is 0 Å². The van der Waals surface area contributed by atoms with Crippen molar-refractivity contribution in [2.75, 3.05) is 14.2 Å². The summed E-state index contributed by atoms with van der Waals surface area (Å²) in [7, 11) is -1.30. The summed E-state index contributed by atoms with van der Waals surface area (Å²) in [5, 5.41) is 0. The molecule has 0 saturated heterocycles. The highest BCUT2D eigenvalue weighted by atomic mass is 32.2. The third kappa shape index (κ3) is 4.63. The molecule has 0 radical (unpaired) electrons. The number of rotatable bonds is 8. The maximum atomic E-state index is 13.0. The van der Waals surface area contributed by atoms with Crippen LogP contribution in [0.1, 0.15) is 5.56 Å². The fourth-order valence-corrected chi connectivity index (χ4v) is 5.14. The maximum Gasteiger partial charge on any atom is 0.343 e. The van der Waals surface area contributed by atoms with Gasteiger partial charge in [0, 0.05) is 18.2 Å². The Balaban J connectivity index is 1.47. The van der Waals surface area contributed by atoms with Crippen LogP contribution in [-0.2, 0) is 16.7 Å². The summed E-state index contributed by atoms with van der Waals surface area (Å²) in [5.74, 6) is 1.51. The number of methoxy groups -OCH3 is 2. The molecule has 0 N–H and O–H groups in total. The zero-order chi connectivity index (χ0) is 25.1. The second kappa shape index (κ2) is 9.75. The van der Waals surface area contributed by atoms with Gasteiger partial charge in [-0.2, -0.15) is 8.42 Å². The van der Waals surface area contributed by atoms with E-state index in [-0.39, 0.29) is 16.4 Å². The Morgan fingerprint density at radius 1 is 0.778 bits per heavy atom. The maximum absolute atomic E-state index is 13.0. The molecule has 4 aromatic carbocycles. The van der Waals surface area contributed by atoms with Gasteiger partial charge in [-0.1, -0.05) is 42.5 Å². The first-order chi connectivity index (χ1) is 17.5. The summed E-state index contributed by atoms with van der Waals surface area (Å²) in [5.41, 5.74) is 3.90. The summed E-state index contributed by atoms with van der Waals surface area (Å²) < 4.78 is 43.9. The number of hydrogen-bond donors (Lipinski definition) is 0. The predicted octanol–water partition coefficient (Wildman–Crippen LogP) is 5.54. The van der Waals surface area contributed by atoms with E-state index in [1.165, 1.54) is 26.4 Å². The first-order valence-electron chi connectivity index (χ1n) is 11.2. The SMILES string of the molecule is COc1ccc(OC)c(S(=O)(=O)Oc2ccc(-c3nc4ccccc4n3Cc3ccccc3)cc2)c1. The Morgan fingerprint density at radius 2 is 1.47 bits per heavy atom.